The number of non-ortho nitro benzene ring substituents is 1. The third-order valence-electron chi connectivity index (χ3n) is 2.88. The summed E-state index contributed by atoms with van der Waals surface area (Å²) in [5.74, 6) is -1.01. The van der Waals surface area contributed by atoms with Crippen molar-refractivity contribution in [3.05, 3.63) is 62.9 Å². The topological polar surface area (TPSA) is 81.5 Å². The molecule has 0 fully saturated rings. The van der Waals surface area contributed by atoms with Gasteiger partial charge in [-0.2, -0.15) is 0 Å². The van der Waals surface area contributed by atoms with Gasteiger partial charge >= 0.3 is 0 Å². The Balaban J connectivity index is 1.98. The third kappa shape index (κ3) is 4.40. The zero-order valence-corrected chi connectivity index (χ0v) is 12.8. The van der Waals surface area contributed by atoms with E-state index in [0.717, 1.165) is 11.6 Å². The Morgan fingerprint density at radius 1 is 1.35 bits per heavy atom. The number of nitrogens with zero attached hydrogens (tertiary/aromatic N) is 1. The van der Waals surface area contributed by atoms with Crippen LogP contribution >= 0.6 is 11.6 Å². The SMILES string of the molecule is Cc1ccc(NC(=O)COc2ccc([N+](=O)[O-])cc2Cl)c(F)c1. The summed E-state index contributed by atoms with van der Waals surface area (Å²) in [5.41, 5.74) is 0.585. The number of aryl methyl sites for hydroxylation is 1. The second kappa shape index (κ2) is 7.06. The van der Waals surface area contributed by atoms with Crippen molar-refractivity contribution in [3.8, 4) is 5.75 Å². The summed E-state index contributed by atoms with van der Waals surface area (Å²) in [4.78, 5) is 21.8. The average molecular weight is 339 g/mol. The van der Waals surface area contributed by atoms with Gasteiger partial charge in [0.05, 0.1) is 15.6 Å². The van der Waals surface area contributed by atoms with Crippen molar-refractivity contribution in [2.75, 3.05) is 11.9 Å². The molecule has 8 heteroatoms. The maximum atomic E-state index is 13.6. The molecule has 0 aromatic heterocycles. The number of carbonyl (C=O) groups excluding carboxylic acids is 1. The first-order valence-corrected chi connectivity index (χ1v) is 6.87. The Morgan fingerprint density at radius 2 is 2.09 bits per heavy atom. The molecule has 0 saturated heterocycles. The minimum Gasteiger partial charge on any atom is -0.482 e. The molecule has 0 aliphatic heterocycles. The smallest absolute Gasteiger partial charge is 0.271 e. The minimum atomic E-state index is -0.595. The van der Waals surface area contributed by atoms with Crippen molar-refractivity contribution in [3.63, 3.8) is 0 Å². The van der Waals surface area contributed by atoms with Crippen LogP contribution in [-0.2, 0) is 4.79 Å². The van der Waals surface area contributed by atoms with E-state index in [1.807, 2.05) is 0 Å². The first kappa shape index (κ1) is 16.7. The van der Waals surface area contributed by atoms with Gasteiger partial charge in [-0.25, -0.2) is 4.39 Å². The van der Waals surface area contributed by atoms with E-state index in [9.17, 15) is 19.3 Å². The molecule has 0 aliphatic rings. The Labute approximate surface area is 136 Å². The van der Waals surface area contributed by atoms with Gasteiger partial charge in [0.2, 0.25) is 0 Å². The number of halogens is 2. The van der Waals surface area contributed by atoms with E-state index >= 15 is 0 Å². The van der Waals surface area contributed by atoms with Gasteiger partial charge in [0, 0.05) is 12.1 Å². The molecule has 0 bridgehead atoms. The Morgan fingerprint density at radius 3 is 2.70 bits per heavy atom. The number of hydrogen-bond acceptors (Lipinski definition) is 4. The number of carbonyl (C=O) groups is 1. The highest BCUT2D eigenvalue weighted by Gasteiger charge is 2.12. The highest BCUT2D eigenvalue weighted by molar-refractivity contribution is 6.32. The van der Waals surface area contributed by atoms with Gasteiger partial charge in [-0.3, -0.25) is 14.9 Å². The van der Waals surface area contributed by atoms with E-state index in [4.69, 9.17) is 16.3 Å². The van der Waals surface area contributed by atoms with Crippen LogP contribution in [0.4, 0.5) is 15.8 Å². The number of rotatable bonds is 5. The van der Waals surface area contributed by atoms with E-state index in [1.54, 1.807) is 13.0 Å². The maximum absolute atomic E-state index is 13.6. The molecule has 1 amide bonds. The van der Waals surface area contributed by atoms with Gasteiger partial charge in [0.25, 0.3) is 11.6 Å². The number of nitrogens with one attached hydrogen (secondary N) is 1. The van der Waals surface area contributed by atoms with Gasteiger partial charge in [0.15, 0.2) is 6.61 Å². The second-order valence-electron chi connectivity index (χ2n) is 4.69. The van der Waals surface area contributed by atoms with Crippen LogP contribution in [-0.4, -0.2) is 17.4 Å². The van der Waals surface area contributed by atoms with E-state index in [1.165, 1.54) is 24.3 Å². The molecule has 6 nitrogen and oxygen atoms in total. The maximum Gasteiger partial charge on any atom is 0.271 e. The van der Waals surface area contributed by atoms with E-state index in [-0.39, 0.29) is 22.1 Å². The Kier molecular flexibility index (Phi) is 5.13. The summed E-state index contributed by atoms with van der Waals surface area (Å²) < 4.78 is 18.8. The van der Waals surface area contributed by atoms with Gasteiger partial charge in [-0.1, -0.05) is 17.7 Å². The van der Waals surface area contributed by atoms with Gasteiger partial charge in [-0.05, 0) is 30.7 Å². The molecule has 2 aromatic rings. The molecule has 0 radical (unpaired) electrons. The van der Waals surface area contributed by atoms with Crippen molar-refractivity contribution in [2.45, 2.75) is 6.92 Å². The average Bonchev–Trinajstić information content (AvgIpc) is 2.48. The molecule has 0 saturated carbocycles. The number of benzene rings is 2. The summed E-state index contributed by atoms with van der Waals surface area (Å²) in [6, 6.07) is 8.02. The molecular weight excluding hydrogens is 327 g/mol. The number of hydrogen-bond donors (Lipinski definition) is 1. The first-order valence-electron chi connectivity index (χ1n) is 6.49. The fraction of sp³-hybridized carbons (Fsp3) is 0.133. The van der Waals surface area contributed by atoms with Crippen LogP contribution in [0.2, 0.25) is 5.02 Å². The Bertz CT molecular complexity index is 767. The lowest BCUT2D eigenvalue weighted by Crippen LogP contribution is -2.20. The zero-order chi connectivity index (χ0) is 17.0. The minimum absolute atomic E-state index is 0.00789. The number of nitro benzene ring substituents is 1. The third-order valence-corrected chi connectivity index (χ3v) is 3.18. The molecule has 0 atom stereocenters. The predicted octanol–water partition coefficient (Wildman–Crippen LogP) is 3.71. The summed E-state index contributed by atoms with van der Waals surface area (Å²) >= 11 is 5.84. The Hall–Kier alpha value is -2.67. The van der Waals surface area contributed by atoms with Crippen LogP contribution < -0.4 is 10.1 Å². The number of anilines is 1. The van der Waals surface area contributed by atoms with Crippen LogP contribution in [0.15, 0.2) is 36.4 Å². The van der Waals surface area contributed by atoms with Crippen molar-refractivity contribution in [1.29, 1.82) is 0 Å². The van der Waals surface area contributed by atoms with Crippen molar-refractivity contribution >= 4 is 28.9 Å². The van der Waals surface area contributed by atoms with Crippen molar-refractivity contribution in [1.82, 2.24) is 0 Å². The quantitative estimate of drug-likeness (QED) is 0.665. The van der Waals surface area contributed by atoms with Gasteiger partial charge in [0.1, 0.15) is 11.6 Å². The molecule has 120 valence electrons. The molecule has 0 aliphatic carbocycles. The van der Waals surface area contributed by atoms with Crippen LogP contribution in [0.25, 0.3) is 0 Å². The number of ether oxygens (including phenoxy) is 1. The van der Waals surface area contributed by atoms with E-state index in [0.29, 0.717) is 0 Å². The van der Waals surface area contributed by atoms with E-state index < -0.39 is 23.3 Å². The van der Waals surface area contributed by atoms with Gasteiger partial charge < -0.3 is 10.1 Å². The fourth-order valence-corrected chi connectivity index (χ4v) is 2.00. The highest BCUT2D eigenvalue weighted by atomic mass is 35.5. The number of nitro groups is 1. The van der Waals surface area contributed by atoms with Crippen molar-refractivity contribution in [2.24, 2.45) is 0 Å². The first-order chi connectivity index (χ1) is 10.9. The predicted molar refractivity (Wildman–Crippen MR) is 83.4 cm³/mol. The fourth-order valence-electron chi connectivity index (χ4n) is 1.77. The van der Waals surface area contributed by atoms with Crippen LogP contribution in [0.5, 0.6) is 5.75 Å². The largest absolute Gasteiger partial charge is 0.482 e. The monoisotopic (exact) mass is 338 g/mol. The normalized spacial score (nSPS) is 10.2. The molecule has 2 aromatic carbocycles. The van der Waals surface area contributed by atoms with E-state index in [2.05, 4.69) is 5.32 Å². The summed E-state index contributed by atoms with van der Waals surface area (Å²) in [7, 11) is 0. The van der Waals surface area contributed by atoms with Crippen LogP contribution in [0.3, 0.4) is 0 Å². The molecule has 1 N–H and O–H groups in total. The highest BCUT2D eigenvalue weighted by Crippen LogP contribution is 2.28. The molecule has 0 spiro atoms. The van der Waals surface area contributed by atoms with Gasteiger partial charge in [-0.15, -0.1) is 0 Å². The lowest BCUT2D eigenvalue weighted by molar-refractivity contribution is -0.384. The molecule has 0 heterocycles. The zero-order valence-electron chi connectivity index (χ0n) is 12.0. The van der Waals surface area contributed by atoms with Crippen LogP contribution in [0.1, 0.15) is 5.56 Å². The summed E-state index contributed by atoms with van der Waals surface area (Å²) in [6.45, 7) is 1.32. The molecular formula is C15H12ClFN2O4. The van der Waals surface area contributed by atoms with Crippen molar-refractivity contribution < 1.29 is 18.8 Å². The molecule has 2 rings (SSSR count). The molecule has 0 unspecified atom stereocenters. The standard InChI is InChI=1S/C15H12ClFN2O4/c1-9-2-4-13(12(17)6-9)18-15(20)8-23-14-5-3-10(19(21)22)7-11(14)16/h2-7H,8H2,1H3,(H,18,20). The lowest BCUT2D eigenvalue weighted by atomic mass is 10.2. The lowest BCUT2D eigenvalue weighted by Gasteiger charge is -2.09. The number of amides is 1. The summed E-state index contributed by atoms with van der Waals surface area (Å²) in [6.07, 6.45) is 0. The summed E-state index contributed by atoms with van der Waals surface area (Å²) in [5, 5.41) is 13.0. The van der Waals surface area contributed by atoms with Crippen LogP contribution in [0, 0.1) is 22.9 Å². The molecule has 23 heavy (non-hydrogen) atoms. The second-order valence-corrected chi connectivity index (χ2v) is 5.10.